The van der Waals surface area contributed by atoms with Crippen molar-refractivity contribution in [1.82, 2.24) is 5.32 Å². The molecule has 4 rings (SSSR count). The van der Waals surface area contributed by atoms with Crippen molar-refractivity contribution >= 4 is 17.7 Å². The lowest BCUT2D eigenvalue weighted by molar-refractivity contribution is -0.384. The lowest BCUT2D eigenvalue weighted by Crippen LogP contribution is -2.43. The van der Waals surface area contributed by atoms with E-state index in [0.717, 1.165) is 51.6 Å². The summed E-state index contributed by atoms with van der Waals surface area (Å²) in [4.78, 5) is 34.5. The fraction of sp³-hybridized carbons (Fsp3) is 0.562. The first-order chi connectivity index (χ1) is 19.9. The number of benzene rings is 1. The molecule has 3 fully saturated rings. The van der Waals surface area contributed by atoms with Gasteiger partial charge >= 0.3 is 6.16 Å². The smallest absolute Gasteiger partial charge is 0.427 e. The molecule has 1 aromatic rings. The molecule has 1 spiro atoms. The van der Waals surface area contributed by atoms with Crippen molar-refractivity contribution in [3.8, 4) is 5.75 Å². The normalized spacial score (nSPS) is 28.0. The first kappa shape index (κ1) is 31.4. The van der Waals surface area contributed by atoms with Crippen LogP contribution in [0.25, 0.3) is 0 Å². The highest BCUT2D eigenvalue weighted by molar-refractivity contribution is 5.87. The highest BCUT2D eigenvalue weighted by Gasteiger charge is 2.53. The van der Waals surface area contributed by atoms with E-state index in [-0.39, 0.29) is 40.7 Å². The summed E-state index contributed by atoms with van der Waals surface area (Å²) in [5, 5.41) is 13.7. The van der Waals surface area contributed by atoms with Gasteiger partial charge in [0.1, 0.15) is 11.9 Å². The summed E-state index contributed by atoms with van der Waals surface area (Å²) >= 11 is 0. The van der Waals surface area contributed by atoms with E-state index < -0.39 is 17.2 Å². The number of nitro groups is 1. The van der Waals surface area contributed by atoms with Gasteiger partial charge in [-0.1, -0.05) is 23.8 Å². The number of ether oxygens (including phenoxy) is 4. The first-order valence-corrected chi connectivity index (χ1v) is 14.7. The van der Waals surface area contributed by atoms with Gasteiger partial charge in [0.15, 0.2) is 0 Å². The Labute approximate surface area is 247 Å². The molecule has 0 aromatic heterocycles. The van der Waals surface area contributed by atoms with Crippen LogP contribution in [0, 0.1) is 16.0 Å². The molecule has 3 atom stereocenters. The Morgan fingerprint density at radius 2 is 1.86 bits per heavy atom. The number of carbonyl (C=O) groups excluding carboxylic acids is 2. The van der Waals surface area contributed by atoms with Gasteiger partial charge in [-0.2, -0.15) is 0 Å². The van der Waals surface area contributed by atoms with Crippen molar-refractivity contribution in [1.29, 1.82) is 0 Å². The predicted octanol–water partition coefficient (Wildman–Crippen LogP) is 6.35. The zero-order chi connectivity index (χ0) is 30.3. The monoisotopic (exact) mass is 582 g/mol. The van der Waals surface area contributed by atoms with Gasteiger partial charge in [0.25, 0.3) is 5.69 Å². The third kappa shape index (κ3) is 9.80. The number of nitrogens with zero attached hydrogens (tertiary/aromatic N) is 1. The molecule has 10 heteroatoms. The average Bonchev–Trinajstić information content (AvgIpc) is 3.66. The molecular weight excluding hydrogens is 540 g/mol. The van der Waals surface area contributed by atoms with Gasteiger partial charge in [-0.25, -0.2) is 4.79 Å². The predicted molar refractivity (Wildman–Crippen MR) is 157 cm³/mol. The zero-order valence-corrected chi connectivity index (χ0v) is 24.9. The number of hydrogen-bond acceptors (Lipinski definition) is 8. The van der Waals surface area contributed by atoms with Crippen molar-refractivity contribution in [3.05, 3.63) is 70.3 Å². The third-order valence-electron chi connectivity index (χ3n) is 7.93. The molecule has 1 aliphatic carbocycles. The Kier molecular flexibility index (Phi) is 10.2. The van der Waals surface area contributed by atoms with Crippen LogP contribution in [0.4, 0.5) is 10.5 Å². The van der Waals surface area contributed by atoms with Gasteiger partial charge in [0.05, 0.1) is 28.8 Å². The van der Waals surface area contributed by atoms with Gasteiger partial charge in [-0.05, 0) is 83.9 Å². The number of rotatable bonds is 10. The van der Waals surface area contributed by atoms with Crippen LogP contribution in [-0.2, 0) is 19.0 Å². The molecule has 2 heterocycles. The molecule has 1 N–H and O–H groups in total. The van der Waals surface area contributed by atoms with E-state index in [0.29, 0.717) is 5.92 Å². The van der Waals surface area contributed by atoms with E-state index in [1.165, 1.54) is 42.0 Å². The number of carbonyl (C=O) groups is 2. The first-order valence-electron chi connectivity index (χ1n) is 14.7. The van der Waals surface area contributed by atoms with E-state index in [2.05, 4.69) is 44.3 Å². The molecule has 0 bridgehead atoms. The van der Waals surface area contributed by atoms with Crippen LogP contribution in [0.5, 0.6) is 5.75 Å². The summed E-state index contributed by atoms with van der Waals surface area (Å²) in [6.45, 7) is 8.85. The Morgan fingerprint density at radius 1 is 1.17 bits per heavy atom. The molecule has 2 saturated heterocycles. The number of epoxide rings is 1. The van der Waals surface area contributed by atoms with Gasteiger partial charge in [-0.3, -0.25) is 14.9 Å². The van der Waals surface area contributed by atoms with Crippen molar-refractivity contribution < 1.29 is 33.5 Å². The van der Waals surface area contributed by atoms with Gasteiger partial charge < -0.3 is 24.3 Å². The molecule has 42 heavy (non-hydrogen) atoms. The standard InChI is InChI=1S/C32H42N2O8/c1-22(6-15-28-19-32(21-39-32)20-31(3,4)42-28)5-8-24-9-11-25(12-10-24)33-29(35)18-7-23(2)40-30(36)41-27-16-13-26(14-17-27)34(37)38/h5-7,13-18,23-25,28H,8-12,19-21H2,1-4H3,(H,33,35)/b15-6+,18-7-,22-5+/t23-,24-,25+,28+,32+/m0/s1. The second-order valence-corrected chi connectivity index (χ2v) is 12.3. The molecule has 228 valence electrons. The maximum atomic E-state index is 12.4. The topological polar surface area (TPSA) is 130 Å². The molecule has 1 amide bonds. The van der Waals surface area contributed by atoms with Crippen molar-refractivity contribution in [2.45, 2.75) is 102 Å². The van der Waals surface area contributed by atoms with Crippen LogP contribution in [0.15, 0.2) is 60.2 Å². The second-order valence-electron chi connectivity index (χ2n) is 12.3. The quantitative estimate of drug-likeness (QED) is 0.0643. The molecule has 0 unspecified atom stereocenters. The Balaban J connectivity index is 1.12. The number of non-ortho nitro benzene ring substituents is 1. The SMILES string of the molecule is CC(/C=C/[C@@H]1C[C@]2(CO2)CC(C)(C)O1)=C\C[C@H]1CC[C@@H](NC(=O)/C=C\[C@H](C)OC(=O)Oc2ccc([N+](=O)[O-])cc2)CC1. The fourth-order valence-corrected chi connectivity index (χ4v) is 5.78. The number of nitrogens with one attached hydrogen (secondary N) is 1. The number of amides is 1. The zero-order valence-electron chi connectivity index (χ0n) is 24.9. The van der Waals surface area contributed by atoms with Crippen LogP contribution >= 0.6 is 0 Å². The summed E-state index contributed by atoms with van der Waals surface area (Å²) in [6.07, 6.45) is 14.8. The summed E-state index contributed by atoms with van der Waals surface area (Å²) < 4.78 is 22.1. The van der Waals surface area contributed by atoms with Gasteiger partial charge in [0, 0.05) is 37.1 Å². The molecule has 0 radical (unpaired) electrons. The van der Waals surface area contributed by atoms with Crippen LogP contribution in [0.3, 0.4) is 0 Å². The Bertz CT molecular complexity index is 1200. The third-order valence-corrected chi connectivity index (χ3v) is 7.93. The van der Waals surface area contributed by atoms with Crippen molar-refractivity contribution in [3.63, 3.8) is 0 Å². The molecule has 3 aliphatic rings. The maximum Gasteiger partial charge on any atom is 0.514 e. The molecular formula is C32H42N2O8. The van der Waals surface area contributed by atoms with Gasteiger partial charge in [-0.15, -0.1) is 0 Å². The minimum absolute atomic E-state index is 0.0248. The largest absolute Gasteiger partial charge is 0.514 e. The lowest BCUT2D eigenvalue weighted by atomic mass is 9.83. The minimum atomic E-state index is -0.966. The van der Waals surface area contributed by atoms with Gasteiger partial charge in [0.2, 0.25) is 5.91 Å². The highest BCUT2D eigenvalue weighted by atomic mass is 16.7. The van der Waals surface area contributed by atoms with Crippen molar-refractivity contribution in [2.24, 2.45) is 5.92 Å². The van der Waals surface area contributed by atoms with Crippen LogP contribution < -0.4 is 10.1 Å². The Morgan fingerprint density at radius 3 is 2.50 bits per heavy atom. The van der Waals surface area contributed by atoms with E-state index >= 15 is 0 Å². The van der Waals surface area contributed by atoms with Crippen LogP contribution in [0.2, 0.25) is 0 Å². The summed E-state index contributed by atoms with van der Waals surface area (Å²) in [6, 6.07) is 5.20. The number of allylic oxidation sites excluding steroid dienone is 3. The second kappa shape index (κ2) is 13.6. The molecule has 1 saturated carbocycles. The van der Waals surface area contributed by atoms with Crippen LogP contribution in [0.1, 0.15) is 72.6 Å². The lowest BCUT2D eigenvalue weighted by Gasteiger charge is -2.38. The molecule has 2 aliphatic heterocycles. The van der Waals surface area contributed by atoms with E-state index in [1.807, 2.05) is 0 Å². The molecule has 10 nitrogen and oxygen atoms in total. The van der Waals surface area contributed by atoms with Crippen molar-refractivity contribution in [2.75, 3.05) is 6.61 Å². The summed E-state index contributed by atoms with van der Waals surface area (Å²) in [5.41, 5.74) is 0.987. The highest BCUT2D eigenvalue weighted by Crippen LogP contribution is 2.46. The van der Waals surface area contributed by atoms with E-state index in [1.54, 1.807) is 6.92 Å². The average molecular weight is 583 g/mol. The minimum Gasteiger partial charge on any atom is -0.427 e. The maximum absolute atomic E-state index is 12.4. The summed E-state index contributed by atoms with van der Waals surface area (Å²) in [5.74, 6) is 0.488. The fourth-order valence-electron chi connectivity index (χ4n) is 5.78. The number of nitro benzene ring substituents is 1. The van der Waals surface area contributed by atoms with Crippen LogP contribution in [-0.4, -0.2) is 53.0 Å². The molecule has 1 aromatic carbocycles. The van der Waals surface area contributed by atoms with E-state index in [4.69, 9.17) is 18.9 Å². The Hall–Kier alpha value is -3.50. The summed E-state index contributed by atoms with van der Waals surface area (Å²) in [7, 11) is 0. The number of hydrogen-bond donors (Lipinski definition) is 1. The van der Waals surface area contributed by atoms with E-state index in [9.17, 15) is 19.7 Å².